The van der Waals surface area contributed by atoms with Gasteiger partial charge in [0.15, 0.2) is 0 Å². The van der Waals surface area contributed by atoms with Crippen molar-refractivity contribution >= 4 is 0 Å². The average Bonchev–Trinajstić information content (AvgIpc) is 2.26. The molecular formula is C15H30. The minimum Gasteiger partial charge on any atom is -0.0917 e. The van der Waals surface area contributed by atoms with Gasteiger partial charge in [0.1, 0.15) is 0 Å². The summed E-state index contributed by atoms with van der Waals surface area (Å²) >= 11 is 0. The van der Waals surface area contributed by atoms with Crippen LogP contribution in [0.5, 0.6) is 0 Å². The standard InChI is InChI=1S/C15H30/c1-6-9-10-14(5)15(8-3)12-11-13(4)7-2/h6,9,13-15H,7-8,10-12H2,1-5H3. The van der Waals surface area contributed by atoms with Crippen LogP contribution in [0, 0.1) is 17.8 Å². The molecule has 0 spiro atoms. The molecule has 0 heteroatoms. The van der Waals surface area contributed by atoms with E-state index in [-0.39, 0.29) is 0 Å². The first kappa shape index (κ1) is 14.7. The van der Waals surface area contributed by atoms with Crippen LogP contribution in [0.1, 0.15) is 66.7 Å². The zero-order chi connectivity index (χ0) is 11.7. The monoisotopic (exact) mass is 210 g/mol. The van der Waals surface area contributed by atoms with Crippen LogP contribution in [-0.2, 0) is 0 Å². The quantitative estimate of drug-likeness (QED) is 0.468. The molecule has 0 fully saturated rings. The third-order valence-electron chi connectivity index (χ3n) is 3.80. The zero-order valence-corrected chi connectivity index (χ0v) is 11.4. The third kappa shape index (κ3) is 6.76. The van der Waals surface area contributed by atoms with E-state index >= 15 is 0 Å². The van der Waals surface area contributed by atoms with Gasteiger partial charge in [0, 0.05) is 0 Å². The third-order valence-corrected chi connectivity index (χ3v) is 3.80. The minimum absolute atomic E-state index is 0.857. The molecule has 0 aliphatic heterocycles. The van der Waals surface area contributed by atoms with E-state index < -0.39 is 0 Å². The molecule has 90 valence electrons. The van der Waals surface area contributed by atoms with E-state index in [4.69, 9.17) is 0 Å². The van der Waals surface area contributed by atoms with Crippen LogP contribution in [0.2, 0.25) is 0 Å². The van der Waals surface area contributed by atoms with E-state index in [1.165, 1.54) is 32.1 Å². The molecule has 0 bridgehead atoms. The summed E-state index contributed by atoms with van der Waals surface area (Å²) in [7, 11) is 0. The van der Waals surface area contributed by atoms with Crippen molar-refractivity contribution in [2.75, 3.05) is 0 Å². The molecule has 15 heavy (non-hydrogen) atoms. The summed E-state index contributed by atoms with van der Waals surface area (Å²) in [5.41, 5.74) is 0. The smallest absolute Gasteiger partial charge is 0.0322 e. The Morgan fingerprint density at radius 3 is 2.13 bits per heavy atom. The largest absolute Gasteiger partial charge is 0.0917 e. The predicted molar refractivity (Wildman–Crippen MR) is 71.1 cm³/mol. The van der Waals surface area contributed by atoms with E-state index in [1.54, 1.807) is 0 Å². The topological polar surface area (TPSA) is 0 Å². The average molecular weight is 210 g/mol. The van der Waals surface area contributed by atoms with Crippen molar-refractivity contribution in [2.45, 2.75) is 66.7 Å². The lowest BCUT2D eigenvalue weighted by Crippen LogP contribution is -2.11. The number of hydrogen-bond acceptors (Lipinski definition) is 0. The van der Waals surface area contributed by atoms with E-state index in [2.05, 4.69) is 46.8 Å². The summed E-state index contributed by atoms with van der Waals surface area (Å²) in [6.45, 7) is 11.5. The molecule has 0 amide bonds. The van der Waals surface area contributed by atoms with Crippen molar-refractivity contribution in [1.29, 1.82) is 0 Å². The van der Waals surface area contributed by atoms with Gasteiger partial charge in [0.25, 0.3) is 0 Å². The highest BCUT2D eigenvalue weighted by atomic mass is 14.2. The molecular weight excluding hydrogens is 180 g/mol. The first-order valence-electron chi connectivity index (χ1n) is 6.76. The molecule has 0 heterocycles. The Morgan fingerprint density at radius 2 is 1.67 bits per heavy atom. The molecule has 0 nitrogen and oxygen atoms in total. The van der Waals surface area contributed by atoms with Gasteiger partial charge in [-0.1, -0.05) is 59.1 Å². The van der Waals surface area contributed by atoms with Crippen molar-refractivity contribution in [2.24, 2.45) is 17.8 Å². The highest BCUT2D eigenvalue weighted by Crippen LogP contribution is 2.26. The molecule has 0 aromatic rings. The zero-order valence-electron chi connectivity index (χ0n) is 11.4. The molecule has 0 N–H and O–H groups in total. The molecule has 0 aliphatic rings. The van der Waals surface area contributed by atoms with Gasteiger partial charge in [-0.15, -0.1) is 0 Å². The van der Waals surface area contributed by atoms with Crippen LogP contribution in [0.3, 0.4) is 0 Å². The van der Waals surface area contributed by atoms with Crippen LogP contribution >= 0.6 is 0 Å². The van der Waals surface area contributed by atoms with Gasteiger partial charge in [0.05, 0.1) is 0 Å². The molecule has 0 radical (unpaired) electrons. The van der Waals surface area contributed by atoms with Crippen LogP contribution < -0.4 is 0 Å². The SMILES string of the molecule is CC=CCC(C)C(CC)CCC(C)CC. The lowest BCUT2D eigenvalue weighted by atomic mass is 9.83. The Hall–Kier alpha value is -0.260. The Bertz CT molecular complexity index is 157. The van der Waals surface area contributed by atoms with Gasteiger partial charge in [0.2, 0.25) is 0 Å². The van der Waals surface area contributed by atoms with Crippen molar-refractivity contribution in [1.82, 2.24) is 0 Å². The minimum atomic E-state index is 0.857. The molecule has 0 saturated carbocycles. The van der Waals surface area contributed by atoms with E-state index in [0.717, 1.165) is 17.8 Å². The van der Waals surface area contributed by atoms with E-state index in [1.807, 2.05) is 0 Å². The lowest BCUT2D eigenvalue weighted by Gasteiger charge is -2.23. The first-order chi connectivity index (χ1) is 7.15. The Kier molecular flexibility index (Phi) is 8.85. The Morgan fingerprint density at radius 1 is 1.00 bits per heavy atom. The maximum atomic E-state index is 2.41. The number of rotatable bonds is 8. The second-order valence-electron chi connectivity index (χ2n) is 5.04. The molecule has 0 aliphatic carbocycles. The fourth-order valence-corrected chi connectivity index (χ4v) is 2.14. The first-order valence-corrected chi connectivity index (χ1v) is 6.76. The Labute approximate surface area is 97.2 Å². The maximum absolute atomic E-state index is 2.41. The van der Waals surface area contributed by atoms with Crippen LogP contribution in [0.25, 0.3) is 0 Å². The van der Waals surface area contributed by atoms with Gasteiger partial charge in [-0.05, 0) is 37.5 Å². The molecule has 0 aromatic heterocycles. The van der Waals surface area contributed by atoms with Gasteiger partial charge < -0.3 is 0 Å². The normalized spacial score (nSPS) is 17.9. The summed E-state index contributed by atoms with van der Waals surface area (Å²) in [6, 6.07) is 0. The van der Waals surface area contributed by atoms with Crippen LogP contribution in [0.15, 0.2) is 12.2 Å². The van der Waals surface area contributed by atoms with Crippen molar-refractivity contribution in [3.05, 3.63) is 12.2 Å². The summed E-state index contributed by atoms with van der Waals surface area (Å²) in [4.78, 5) is 0. The number of hydrogen-bond donors (Lipinski definition) is 0. The van der Waals surface area contributed by atoms with Gasteiger partial charge in [-0.25, -0.2) is 0 Å². The summed E-state index contributed by atoms with van der Waals surface area (Å²) in [5, 5.41) is 0. The molecule has 3 unspecified atom stereocenters. The highest BCUT2D eigenvalue weighted by molar-refractivity contribution is 4.81. The molecule has 0 rings (SSSR count). The fourth-order valence-electron chi connectivity index (χ4n) is 2.14. The van der Waals surface area contributed by atoms with Gasteiger partial charge >= 0.3 is 0 Å². The van der Waals surface area contributed by atoms with Gasteiger partial charge in [-0.2, -0.15) is 0 Å². The summed E-state index contributed by atoms with van der Waals surface area (Å²) in [6.07, 6.45) is 11.3. The van der Waals surface area contributed by atoms with Gasteiger partial charge in [-0.3, -0.25) is 0 Å². The highest BCUT2D eigenvalue weighted by Gasteiger charge is 2.14. The van der Waals surface area contributed by atoms with E-state index in [9.17, 15) is 0 Å². The summed E-state index contributed by atoms with van der Waals surface area (Å²) in [5.74, 6) is 2.69. The van der Waals surface area contributed by atoms with Crippen molar-refractivity contribution < 1.29 is 0 Å². The maximum Gasteiger partial charge on any atom is -0.0322 e. The number of allylic oxidation sites excluding steroid dienone is 2. The second kappa shape index (κ2) is 9.00. The van der Waals surface area contributed by atoms with E-state index in [0.29, 0.717) is 0 Å². The lowest BCUT2D eigenvalue weighted by molar-refractivity contribution is 0.299. The van der Waals surface area contributed by atoms with Crippen molar-refractivity contribution in [3.63, 3.8) is 0 Å². The summed E-state index contributed by atoms with van der Waals surface area (Å²) < 4.78 is 0. The molecule has 3 atom stereocenters. The van der Waals surface area contributed by atoms with Crippen LogP contribution in [-0.4, -0.2) is 0 Å². The van der Waals surface area contributed by atoms with Crippen LogP contribution in [0.4, 0.5) is 0 Å². The molecule has 0 aromatic carbocycles. The second-order valence-corrected chi connectivity index (χ2v) is 5.04. The Balaban J connectivity index is 3.89. The predicted octanol–water partition coefficient (Wildman–Crippen LogP) is 5.44. The van der Waals surface area contributed by atoms with Crippen molar-refractivity contribution in [3.8, 4) is 0 Å². The molecule has 0 saturated heterocycles. The fraction of sp³-hybridized carbons (Fsp3) is 0.867.